The van der Waals surface area contributed by atoms with E-state index in [2.05, 4.69) is 10.5 Å². The molecule has 2 aromatic carbocycles. The van der Waals surface area contributed by atoms with E-state index in [0.717, 1.165) is 24.5 Å². The Kier molecular flexibility index (Phi) is 5.31. The monoisotopic (exact) mass is 432 g/mol. The highest BCUT2D eigenvalue weighted by atomic mass is 32.2. The largest absolute Gasteiger partial charge is 0.454 e. The highest BCUT2D eigenvalue weighted by molar-refractivity contribution is 7.89. The Morgan fingerprint density at radius 2 is 1.87 bits per heavy atom. The maximum Gasteiger partial charge on any atom is 0.295 e. The normalized spacial score (nSPS) is 16.6. The minimum absolute atomic E-state index is 0.0977. The number of fused-ring (bicyclic) bond motifs is 1. The van der Waals surface area contributed by atoms with Crippen molar-refractivity contribution in [1.82, 2.24) is 4.31 Å². The van der Waals surface area contributed by atoms with E-state index in [-0.39, 0.29) is 23.1 Å². The fourth-order valence-electron chi connectivity index (χ4n) is 3.33. The first-order valence-corrected chi connectivity index (χ1v) is 10.8. The number of nitrogens with one attached hydrogen (secondary N) is 1. The highest BCUT2D eigenvalue weighted by Gasteiger charge is 2.29. The molecule has 0 amide bonds. The van der Waals surface area contributed by atoms with E-state index in [9.17, 15) is 18.5 Å². The number of sulfonamides is 1. The lowest BCUT2D eigenvalue weighted by Crippen LogP contribution is -2.27. The zero-order valence-corrected chi connectivity index (χ0v) is 17.0. The van der Waals surface area contributed by atoms with Gasteiger partial charge in [0, 0.05) is 24.7 Å². The van der Waals surface area contributed by atoms with E-state index in [4.69, 9.17) is 9.47 Å². The van der Waals surface area contributed by atoms with Gasteiger partial charge in [-0.1, -0.05) is 0 Å². The molecule has 0 radical (unpaired) electrons. The molecule has 1 fully saturated rings. The van der Waals surface area contributed by atoms with Crippen molar-refractivity contribution in [2.24, 2.45) is 5.10 Å². The molecule has 0 unspecified atom stereocenters. The summed E-state index contributed by atoms with van der Waals surface area (Å²) in [4.78, 5) is 10.8. The molecular formula is C19H20N4O6S. The average Bonchev–Trinajstić information content (AvgIpc) is 3.43. The van der Waals surface area contributed by atoms with E-state index in [1.807, 2.05) is 0 Å². The molecule has 0 bridgehead atoms. The van der Waals surface area contributed by atoms with Gasteiger partial charge in [-0.3, -0.25) is 15.5 Å². The second kappa shape index (κ2) is 7.92. The molecule has 30 heavy (non-hydrogen) atoms. The minimum atomic E-state index is -3.75. The van der Waals surface area contributed by atoms with Crippen LogP contribution in [0.5, 0.6) is 11.5 Å². The number of nitrogens with zero attached hydrogens (tertiary/aromatic N) is 3. The minimum Gasteiger partial charge on any atom is -0.454 e. The number of nitro benzene ring substituents is 1. The van der Waals surface area contributed by atoms with Gasteiger partial charge >= 0.3 is 0 Å². The van der Waals surface area contributed by atoms with Gasteiger partial charge in [-0.2, -0.15) is 9.41 Å². The molecule has 0 aromatic heterocycles. The van der Waals surface area contributed by atoms with Gasteiger partial charge in [-0.25, -0.2) is 8.42 Å². The van der Waals surface area contributed by atoms with Crippen LogP contribution in [0.1, 0.15) is 25.3 Å². The Morgan fingerprint density at radius 1 is 1.13 bits per heavy atom. The van der Waals surface area contributed by atoms with Gasteiger partial charge in [0.15, 0.2) is 11.5 Å². The van der Waals surface area contributed by atoms with Gasteiger partial charge in [0.25, 0.3) is 5.69 Å². The SMILES string of the molecule is CC(=NNc1ccc(S(=O)(=O)N2CCCC2)cc1[N+](=O)[O-])c1ccc2c(c1)OCO2. The summed E-state index contributed by atoms with van der Waals surface area (Å²) >= 11 is 0. The van der Waals surface area contributed by atoms with Crippen molar-refractivity contribution in [3.8, 4) is 11.5 Å². The first kappa shape index (κ1) is 20.1. The van der Waals surface area contributed by atoms with E-state index < -0.39 is 14.9 Å². The summed E-state index contributed by atoms with van der Waals surface area (Å²) in [6.07, 6.45) is 1.57. The van der Waals surface area contributed by atoms with Gasteiger partial charge in [-0.05, 0) is 50.1 Å². The van der Waals surface area contributed by atoms with Gasteiger partial charge in [0.1, 0.15) is 5.69 Å². The first-order chi connectivity index (χ1) is 14.4. The summed E-state index contributed by atoms with van der Waals surface area (Å²) in [5.41, 5.74) is 3.73. The fraction of sp³-hybridized carbons (Fsp3) is 0.316. The third kappa shape index (κ3) is 3.81. The standard InChI is InChI=1S/C19H20N4O6S/c1-13(14-4-7-18-19(10-14)29-12-28-18)20-21-16-6-5-15(11-17(16)23(24)25)30(26,27)22-8-2-3-9-22/h4-7,10-11,21H,2-3,8-9,12H2,1H3. The number of hydrogen-bond acceptors (Lipinski definition) is 8. The number of rotatable bonds is 6. The summed E-state index contributed by atoms with van der Waals surface area (Å²) < 4.78 is 37.4. The highest BCUT2D eigenvalue weighted by Crippen LogP contribution is 2.33. The van der Waals surface area contributed by atoms with Gasteiger partial charge in [-0.15, -0.1) is 0 Å². The average molecular weight is 432 g/mol. The molecule has 0 saturated carbocycles. The zero-order valence-electron chi connectivity index (χ0n) is 16.2. The Morgan fingerprint density at radius 3 is 2.60 bits per heavy atom. The Balaban J connectivity index is 1.59. The molecule has 2 aliphatic rings. The predicted octanol–water partition coefficient (Wildman–Crippen LogP) is 2.94. The summed E-state index contributed by atoms with van der Waals surface area (Å²) in [5, 5.41) is 15.8. The van der Waals surface area contributed by atoms with Crippen molar-refractivity contribution in [3.63, 3.8) is 0 Å². The van der Waals surface area contributed by atoms with Crippen LogP contribution in [0.3, 0.4) is 0 Å². The second-order valence-corrected chi connectivity index (χ2v) is 8.86. The van der Waals surface area contributed by atoms with E-state index in [0.29, 0.717) is 30.3 Å². The molecule has 0 atom stereocenters. The van der Waals surface area contributed by atoms with E-state index in [1.54, 1.807) is 25.1 Å². The number of hydrazone groups is 1. The van der Waals surface area contributed by atoms with Crippen molar-refractivity contribution in [1.29, 1.82) is 0 Å². The Labute approximate surface area is 173 Å². The molecule has 158 valence electrons. The van der Waals surface area contributed by atoms with Crippen LogP contribution in [0.2, 0.25) is 0 Å². The lowest BCUT2D eigenvalue weighted by molar-refractivity contribution is -0.384. The van der Waals surface area contributed by atoms with Gasteiger partial charge < -0.3 is 9.47 Å². The second-order valence-electron chi connectivity index (χ2n) is 6.92. The lowest BCUT2D eigenvalue weighted by Gasteiger charge is -2.15. The molecule has 1 N–H and O–H groups in total. The molecule has 0 aliphatic carbocycles. The van der Waals surface area contributed by atoms with Gasteiger partial charge in [0.05, 0.1) is 15.5 Å². The summed E-state index contributed by atoms with van der Waals surface area (Å²) in [7, 11) is -3.75. The molecule has 10 nitrogen and oxygen atoms in total. The Bertz CT molecular complexity index is 1130. The van der Waals surface area contributed by atoms with Crippen molar-refractivity contribution in [3.05, 3.63) is 52.1 Å². The van der Waals surface area contributed by atoms with Crippen LogP contribution in [0.15, 0.2) is 46.4 Å². The number of nitro groups is 1. The third-order valence-corrected chi connectivity index (χ3v) is 6.90. The van der Waals surface area contributed by atoms with Crippen LogP contribution in [0.25, 0.3) is 0 Å². The quantitative estimate of drug-likeness (QED) is 0.423. The summed E-state index contributed by atoms with van der Waals surface area (Å²) in [6.45, 7) is 2.75. The summed E-state index contributed by atoms with van der Waals surface area (Å²) in [5.74, 6) is 1.24. The lowest BCUT2D eigenvalue weighted by atomic mass is 10.1. The molecule has 4 rings (SSSR count). The molecule has 2 aromatic rings. The van der Waals surface area contributed by atoms with Crippen molar-refractivity contribution in [2.75, 3.05) is 25.3 Å². The molecule has 11 heteroatoms. The topological polar surface area (TPSA) is 123 Å². The van der Waals surface area contributed by atoms with Crippen LogP contribution >= 0.6 is 0 Å². The van der Waals surface area contributed by atoms with Gasteiger partial charge in [0.2, 0.25) is 16.8 Å². The van der Waals surface area contributed by atoms with E-state index >= 15 is 0 Å². The molecular weight excluding hydrogens is 412 g/mol. The number of ether oxygens (including phenoxy) is 2. The van der Waals surface area contributed by atoms with Crippen LogP contribution in [0, 0.1) is 10.1 Å². The molecule has 2 heterocycles. The predicted molar refractivity (Wildman–Crippen MR) is 109 cm³/mol. The third-order valence-electron chi connectivity index (χ3n) is 5.00. The Hall–Kier alpha value is -3.18. The van der Waals surface area contributed by atoms with Crippen molar-refractivity contribution < 1.29 is 22.8 Å². The maximum absolute atomic E-state index is 12.7. The van der Waals surface area contributed by atoms with Crippen LogP contribution in [0.4, 0.5) is 11.4 Å². The van der Waals surface area contributed by atoms with Crippen LogP contribution in [-0.2, 0) is 10.0 Å². The fourth-order valence-corrected chi connectivity index (χ4v) is 4.86. The van der Waals surface area contributed by atoms with Crippen molar-refractivity contribution >= 4 is 27.1 Å². The molecule has 1 saturated heterocycles. The van der Waals surface area contributed by atoms with Crippen LogP contribution < -0.4 is 14.9 Å². The van der Waals surface area contributed by atoms with Crippen molar-refractivity contribution in [2.45, 2.75) is 24.7 Å². The zero-order chi connectivity index (χ0) is 21.3. The summed E-state index contributed by atoms with van der Waals surface area (Å²) in [6, 6.07) is 9.11. The maximum atomic E-state index is 12.7. The smallest absolute Gasteiger partial charge is 0.295 e. The number of anilines is 1. The molecule has 0 spiro atoms. The number of hydrogen-bond donors (Lipinski definition) is 1. The molecule has 2 aliphatic heterocycles. The first-order valence-electron chi connectivity index (χ1n) is 9.35. The van der Waals surface area contributed by atoms with Crippen LogP contribution in [-0.4, -0.2) is 43.2 Å². The van der Waals surface area contributed by atoms with E-state index in [1.165, 1.54) is 16.4 Å². The number of benzene rings is 2.